The molecule has 0 heterocycles. The first kappa shape index (κ1) is 14.2. The van der Waals surface area contributed by atoms with Crippen LogP contribution in [-0.4, -0.2) is 26.2 Å². The van der Waals surface area contributed by atoms with Crippen molar-refractivity contribution in [3.05, 3.63) is 17.7 Å². The summed E-state index contributed by atoms with van der Waals surface area (Å²) < 4.78 is 16.4. The number of aryl methyl sites for hydroxylation is 1. The van der Waals surface area contributed by atoms with Crippen LogP contribution < -0.4 is 14.2 Å². The second-order valence-electron chi connectivity index (χ2n) is 4.07. The summed E-state index contributed by atoms with van der Waals surface area (Å²) in [6.45, 7) is 4.73. The molecule has 0 spiro atoms. The van der Waals surface area contributed by atoms with E-state index in [-0.39, 0.29) is 0 Å². The van der Waals surface area contributed by atoms with Crippen LogP contribution in [0, 0.1) is 12.8 Å². The molecule has 0 fully saturated rings. The summed E-state index contributed by atoms with van der Waals surface area (Å²) in [5.41, 5.74) is 1.08. The Bertz CT molecular complexity index is 341. The number of methoxy groups -OCH3 is 2. The van der Waals surface area contributed by atoms with Crippen molar-refractivity contribution in [2.75, 3.05) is 26.2 Å². The number of hydrogen-bond donors (Lipinski definition) is 0. The SMILES string of the molecule is COc1cc(C)cc(OC)c1OCC(C)CBr. The Hall–Kier alpha value is -0.900. The molecule has 0 radical (unpaired) electrons. The van der Waals surface area contributed by atoms with Crippen LogP contribution in [0.5, 0.6) is 17.2 Å². The second kappa shape index (κ2) is 6.74. The van der Waals surface area contributed by atoms with Crippen molar-refractivity contribution in [1.29, 1.82) is 0 Å². The van der Waals surface area contributed by atoms with Crippen molar-refractivity contribution in [1.82, 2.24) is 0 Å². The predicted molar refractivity (Wildman–Crippen MR) is 72.7 cm³/mol. The molecule has 0 aliphatic rings. The summed E-state index contributed by atoms with van der Waals surface area (Å²) >= 11 is 3.43. The van der Waals surface area contributed by atoms with Crippen molar-refractivity contribution in [2.45, 2.75) is 13.8 Å². The van der Waals surface area contributed by atoms with Gasteiger partial charge < -0.3 is 14.2 Å². The van der Waals surface area contributed by atoms with Crippen molar-refractivity contribution in [3.8, 4) is 17.2 Å². The normalized spacial score (nSPS) is 12.1. The van der Waals surface area contributed by atoms with Gasteiger partial charge in [0, 0.05) is 5.33 Å². The van der Waals surface area contributed by atoms with Gasteiger partial charge in [-0.05, 0) is 30.5 Å². The summed E-state index contributed by atoms with van der Waals surface area (Å²) in [4.78, 5) is 0. The molecule has 4 heteroatoms. The van der Waals surface area contributed by atoms with Gasteiger partial charge in [0.15, 0.2) is 11.5 Å². The molecule has 1 aromatic rings. The summed E-state index contributed by atoms with van der Waals surface area (Å²) in [5.74, 6) is 2.53. The Morgan fingerprint density at radius 2 is 1.71 bits per heavy atom. The number of ether oxygens (including phenoxy) is 3. The first-order chi connectivity index (χ1) is 8.12. The molecule has 3 nitrogen and oxygen atoms in total. The molecule has 0 aromatic heterocycles. The van der Waals surface area contributed by atoms with Gasteiger partial charge in [0.1, 0.15) is 0 Å². The Morgan fingerprint density at radius 1 is 1.18 bits per heavy atom. The fourth-order valence-electron chi connectivity index (χ4n) is 1.42. The van der Waals surface area contributed by atoms with E-state index in [4.69, 9.17) is 14.2 Å². The first-order valence-electron chi connectivity index (χ1n) is 5.53. The van der Waals surface area contributed by atoms with E-state index in [1.165, 1.54) is 0 Å². The largest absolute Gasteiger partial charge is 0.493 e. The lowest BCUT2D eigenvalue weighted by molar-refractivity contribution is 0.245. The summed E-state index contributed by atoms with van der Waals surface area (Å²) in [7, 11) is 3.27. The van der Waals surface area contributed by atoms with Crippen LogP contribution in [0.4, 0.5) is 0 Å². The minimum Gasteiger partial charge on any atom is -0.493 e. The number of rotatable bonds is 6. The molecule has 0 aliphatic heterocycles. The highest BCUT2D eigenvalue weighted by Crippen LogP contribution is 2.38. The molecule has 1 unspecified atom stereocenters. The number of benzene rings is 1. The average molecular weight is 303 g/mol. The first-order valence-corrected chi connectivity index (χ1v) is 6.65. The molecular weight excluding hydrogens is 284 g/mol. The van der Waals surface area contributed by atoms with Crippen LogP contribution in [0.3, 0.4) is 0 Å². The highest BCUT2D eigenvalue weighted by Gasteiger charge is 2.14. The highest BCUT2D eigenvalue weighted by molar-refractivity contribution is 9.09. The fraction of sp³-hybridized carbons (Fsp3) is 0.538. The monoisotopic (exact) mass is 302 g/mol. The van der Waals surface area contributed by atoms with Crippen LogP contribution in [0.1, 0.15) is 12.5 Å². The molecule has 0 saturated heterocycles. The molecule has 1 aromatic carbocycles. The minimum absolute atomic E-state index is 0.436. The maximum Gasteiger partial charge on any atom is 0.203 e. The lowest BCUT2D eigenvalue weighted by Crippen LogP contribution is -2.10. The molecule has 0 amide bonds. The standard InChI is InChI=1S/C13H19BrO3/c1-9-5-11(15-3)13(12(6-9)16-4)17-8-10(2)7-14/h5-6,10H,7-8H2,1-4H3. The van der Waals surface area contributed by atoms with Gasteiger partial charge in [-0.3, -0.25) is 0 Å². The number of alkyl halides is 1. The zero-order valence-corrected chi connectivity index (χ0v) is 12.3. The molecule has 0 saturated carbocycles. The number of halogens is 1. The van der Waals surface area contributed by atoms with Gasteiger partial charge in [-0.1, -0.05) is 22.9 Å². The van der Waals surface area contributed by atoms with Crippen LogP contribution in [0.2, 0.25) is 0 Å². The van der Waals surface area contributed by atoms with Crippen molar-refractivity contribution >= 4 is 15.9 Å². The maximum atomic E-state index is 5.78. The fourth-order valence-corrected chi connectivity index (χ4v) is 1.61. The molecule has 0 aliphatic carbocycles. The van der Waals surface area contributed by atoms with E-state index in [0.717, 1.165) is 10.9 Å². The van der Waals surface area contributed by atoms with E-state index >= 15 is 0 Å². The van der Waals surface area contributed by atoms with Crippen LogP contribution in [0.25, 0.3) is 0 Å². The summed E-state index contributed by atoms with van der Waals surface area (Å²) in [6.07, 6.45) is 0. The maximum absolute atomic E-state index is 5.78. The second-order valence-corrected chi connectivity index (χ2v) is 4.72. The predicted octanol–water partition coefficient (Wildman–Crippen LogP) is 3.42. The van der Waals surface area contributed by atoms with Crippen LogP contribution in [-0.2, 0) is 0 Å². The molecule has 1 rings (SSSR count). The quantitative estimate of drug-likeness (QED) is 0.754. The minimum atomic E-state index is 0.436. The molecule has 0 N–H and O–H groups in total. The van der Waals surface area contributed by atoms with E-state index in [0.29, 0.717) is 29.8 Å². The molecule has 17 heavy (non-hydrogen) atoms. The Labute approximate surface area is 111 Å². The van der Waals surface area contributed by atoms with Gasteiger partial charge >= 0.3 is 0 Å². The zero-order chi connectivity index (χ0) is 12.8. The van der Waals surface area contributed by atoms with Crippen molar-refractivity contribution in [2.24, 2.45) is 5.92 Å². The van der Waals surface area contributed by atoms with Gasteiger partial charge in [0.2, 0.25) is 5.75 Å². The molecule has 96 valence electrons. The number of hydrogen-bond acceptors (Lipinski definition) is 3. The third kappa shape index (κ3) is 3.80. The lowest BCUT2D eigenvalue weighted by atomic mass is 10.2. The Balaban J connectivity index is 2.94. The van der Waals surface area contributed by atoms with Gasteiger partial charge in [0.25, 0.3) is 0 Å². The molecule has 1 atom stereocenters. The summed E-state index contributed by atoms with van der Waals surface area (Å²) in [6, 6.07) is 3.88. The molecule has 0 bridgehead atoms. The highest BCUT2D eigenvalue weighted by atomic mass is 79.9. The van der Waals surface area contributed by atoms with E-state index < -0.39 is 0 Å². The van der Waals surface area contributed by atoms with Gasteiger partial charge in [-0.25, -0.2) is 0 Å². The van der Waals surface area contributed by atoms with Gasteiger partial charge in [-0.15, -0.1) is 0 Å². The van der Waals surface area contributed by atoms with E-state index in [2.05, 4.69) is 22.9 Å². The van der Waals surface area contributed by atoms with Gasteiger partial charge in [0.05, 0.1) is 20.8 Å². The third-order valence-corrected chi connectivity index (χ3v) is 3.49. The Morgan fingerprint density at radius 3 is 2.12 bits per heavy atom. The smallest absolute Gasteiger partial charge is 0.203 e. The topological polar surface area (TPSA) is 27.7 Å². The van der Waals surface area contributed by atoms with Crippen LogP contribution in [0.15, 0.2) is 12.1 Å². The summed E-state index contributed by atoms with van der Waals surface area (Å²) in [5, 5.41) is 0.906. The lowest BCUT2D eigenvalue weighted by Gasteiger charge is -2.17. The van der Waals surface area contributed by atoms with Crippen LogP contribution >= 0.6 is 15.9 Å². The zero-order valence-electron chi connectivity index (χ0n) is 10.7. The van der Waals surface area contributed by atoms with Gasteiger partial charge in [-0.2, -0.15) is 0 Å². The van der Waals surface area contributed by atoms with Crippen molar-refractivity contribution < 1.29 is 14.2 Å². The van der Waals surface area contributed by atoms with E-state index in [1.54, 1.807) is 14.2 Å². The average Bonchev–Trinajstić information content (AvgIpc) is 2.35. The van der Waals surface area contributed by atoms with E-state index in [9.17, 15) is 0 Å². The molecular formula is C13H19BrO3. The van der Waals surface area contributed by atoms with Crippen molar-refractivity contribution in [3.63, 3.8) is 0 Å². The van der Waals surface area contributed by atoms with E-state index in [1.807, 2.05) is 19.1 Å². The Kier molecular flexibility index (Phi) is 5.62. The third-order valence-electron chi connectivity index (χ3n) is 2.38.